The van der Waals surface area contributed by atoms with Crippen LogP contribution in [0.15, 0.2) is 12.4 Å². The van der Waals surface area contributed by atoms with Crippen molar-refractivity contribution in [2.45, 2.75) is 20.4 Å². The largest absolute Gasteiger partial charge is 0.396 e. The number of aromatic nitrogens is 2. The lowest BCUT2D eigenvalue weighted by molar-refractivity contribution is 0.523. The van der Waals surface area contributed by atoms with Crippen LogP contribution < -0.4 is 5.73 Å². The number of anilines is 1. The highest BCUT2D eigenvalue weighted by Crippen LogP contribution is 2.15. The van der Waals surface area contributed by atoms with E-state index in [2.05, 4.69) is 11.7 Å². The van der Waals surface area contributed by atoms with Gasteiger partial charge in [0, 0.05) is 0 Å². The zero-order valence-corrected chi connectivity index (χ0v) is 7.26. The molecule has 0 aliphatic carbocycles. The third-order valence-electron chi connectivity index (χ3n) is 1.76. The molecule has 0 fully saturated rings. The Morgan fingerprint density at radius 3 is 2.58 bits per heavy atom. The van der Waals surface area contributed by atoms with Gasteiger partial charge < -0.3 is 5.73 Å². The third-order valence-corrected chi connectivity index (χ3v) is 1.76. The summed E-state index contributed by atoms with van der Waals surface area (Å²) in [6.45, 7) is 6.84. The summed E-state index contributed by atoms with van der Waals surface area (Å²) in [5.41, 5.74) is 7.78. The average molecular weight is 169 g/mol. The molecule has 0 bridgehead atoms. The van der Waals surface area contributed by atoms with Gasteiger partial charge in [-0.3, -0.25) is 4.68 Å². The van der Waals surface area contributed by atoms with Crippen LogP contribution in [0.4, 0.5) is 10.1 Å². The molecule has 0 radical (unpaired) electrons. The molecule has 2 N–H and O–H groups in total. The number of allylic oxidation sites excluding steroid dienone is 1. The molecule has 0 atom stereocenters. The maximum Gasteiger partial charge on any atom is 0.114 e. The maximum absolute atomic E-state index is 12.4. The number of nitrogens with two attached hydrogens (primary N) is 1. The van der Waals surface area contributed by atoms with E-state index in [0.29, 0.717) is 5.69 Å². The quantitative estimate of drug-likeness (QED) is 0.730. The lowest BCUT2D eigenvalue weighted by atomic mass is 10.3. The first kappa shape index (κ1) is 8.77. The van der Waals surface area contributed by atoms with Gasteiger partial charge in [0.15, 0.2) is 0 Å². The first-order valence-corrected chi connectivity index (χ1v) is 3.65. The summed E-state index contributed by atoms with van der Waals surface area (Å²) in [5, 5.41) is 4.04. The van der Waals surface area contributed by atoms with Crippen molar-refractivity contribution >= 4 is 5.69 Å². The van der Waals surface area contributed by atoms with Crippen LogP contribution in [0.5, 0.6) is 0 Å². The predicted octanol–water partition coefficient (Wildman–Crippen LogP) is 1.57. The zero-order chi connectivity index (χ0) is 9.30. The molecule has 0 unspecified atom stereocenters. The molecule has 0 saturated carbocycles. The lowest BCUT2D eigenvalue weighted by Crippen LogP contribution is -2.02. The molecule has 0 aliphatic heterocycles. The second-order valence-electron chi connectivity index (χ2n) is 2.76. The molecule has 0 aromatic carbocycles. The van der Waals surface area contributed by atoms with E-state index in [4.69, 9.17) is 5.73 Å². The van der Waals surface area contributed by atoms with E-state index in [1.807, 2.05) is 0 Å². The summed E-state index contributed by atoms with van der Waals surface area (Å²) >= 11 is 0. The van der Waals surface area contributed by atoms with Gasteiger partial charge in [0.2, 0.25) is 0 Å². The van der Waals surface area contributed by atoms with Gasteiger partial charge in [-0.2, -0.15) is 5.10 Å². The first-order valence-electron chi connectivity index (χ1n) is 3.65. The Bertz CT molecular complexity index is 314. The van der Waals surface area contributed by atoms with Gasteiger partial charge in [-0.1, -0.05) is 6.58 Å². The second-order valence-corrected chi connectivity index (χ2v) is 2.76. The number of nitrogens with zero attached hydrogens (tertiary/aromatic N) is 2. The average Bonchev–Trinajstić information content (AvgIpc) is 2.17. The van der Waals surface area contributed by atoms with E-state index < -0.39 is 5.83 Å². The number of halogens is 1. The van der Waals surface area contributed by atoms with Gasteiger partial charge in [-0.25, -0.2) is 4.39 Å². The third kappa shape index (κ3) is 1.47. The highest BCUT2D eigenvalue weighted by Gasteiger charge is 2.07. The van der Waals surface area contributed by atoms with Crippen LogP contribution in [0.3, 0.4) is 0 Å². The molecule has 1 rings (SSSR count). The Morgan fingerprint density at radius 2 is 2.25 bits per heavy atom. The molecule has 1 aromatic rings. The van der Waals surface area contributed by atoms with Gasteiger partial charge in [0.05, 0.1) is 23.6 Å². The van der Waals surface area contributed by atoms with Crippen molar-refractivity contribution in [2.75, 3.05) is 5.73 Å². The Morgan fingerprint density at radius 1 is 1.67 bits per heavy atom. The van der Waals surface area contributed by atoms with Crippen LogP contribution in [0, 0.1) is 13.8 Å². The standard InChI is InChI=1S/C8H12FN3/c1-5(9)4-12-7(3)8(10)6(2)11-12/h1,4,10H2,2-3H3. The maximum atomic E-state index is 12.4. The van der Waals surface area contributed by atoms with Gasteiger partial charge in [-0.15, -0.1) is 0 Å². The molecule has 0 amide bonds. The molecule has 4 heteroatoms. The van der Waals surface area contributed by atoms with Crippen molar-refractivity contribution in [3.63, 3.8) is 0 Å². The second kappa shape index (κ2) is 2.97. The molecule has 1 heterocycles. The SMILES string of the molecule is C=C(F)Cn1nc(C)c(N)c1C. The Balaban J connectivity index is 3.01. The Hall–Kier alpha value is -1.32. The molecule has 0 spiro atoms. The predicted molar refractivity (Wildman–Crippen MR) is 46.4 cm³/mol. The van der Waals surface area contributed by atoms with E-state index >= 15 is 0 Å². The van der Waals surface area contributed by atoms with Crippen LogP contribution in [-0.2, 0) is 6.54 Å². The van der Waals surface area contributed by atoms with Crippen molar-refractivity contribution in [3.05, 3.63) is 23.8 Å². The van der Waals surface area contributed by atoms with E-state index in [-0.39, 0.29) is 6.54 Å². The highest BCUT2D eigenvalue weighted by molar-refractivity contribution is 5.46. The number of rotatable bonds is 2. The molecule has 0 saturated heterocycles. The summed E-state index contributed by atoms with van der Waals surface area (Å²) in [6.07, 6.45) is 0. The summed E-state index contributed by atoms with van der Waals surface area (Å²) in [4.78, 5) is 0. The minimum Gasteiger partial charge on any atom is -0.396 e. The van der Waals surface area contributed by atoms with Crippen LogP contribution >= 0.6 is 0 Å². The molecule has 0 aliphatic rings. The van der Waals surface area contributed by atoms with Crippen LogP contribution in [0.2, 0.25) is 0 Å². The zero-order valence-electron chi connectivity index (χ0n) is 7.26. The topological polar surface area (TPSA) is 43.8 Å². The first-order chi connectivity index (χ1) is 5.52. The lowest BCUT2D eigenvalue weighted by Gasteiger charge is -2.00. The van der Waals surface area contributed by atoms with Crippen LogP contribution in [0.25, 0.3) is 0 Å². The normalized spacial score (nSPS) is 10.2. The van der Waals surface area contributed by atoms with Gasteiger partial charge >= 0.3 is 0 Å². The monoisotopic (exact) mass is 169 g/mol. The van der Waals surface area contributed by atoms with E-state index in [9.17, 15) is 4.39 Å². The Labute approximate surface area is 70.7 Å². The van der Waals surface area contributed by atoms with Gasteiger partial charge in [-0.05, 0) is 13.8 Å². The van der Waals surface area contributed by atoms with E-state index in [0.717, 1.165) is 11.4 Å². The van der Waals surface area contributed by atoms with Crippen molar-refractivity contribution in [1.82, 2.24) is 9.78 Å². The molecular formula is C8H12FN3. The van der Waals surface area contributed by atoms with Crippen LogP contribution in [-0.4, -0.2) is 9.78 Å². The van der Waals surface area contributed by atoms with E-state index in [1.165, 1.54) is 4.68 Å². The molecule has 12 heavy (non-hydrogen) atoms. The van der Waals surface area contributed by atoms with Crippen molar-refractivity contribution in [2.24, 2.45) is 0 Å². The number of aryl methyl sites for hydroxylation is 1. The van der Waals surface area contributed by atoms with Gasteiger partial charge in [0.25, 0.3) is 0 Å². The fourth-order valence-electron chi connectivity index (χ4n) is 1.03. The van der Waals surface area contributed by atoms with Crippen molar-refractivity contribution in [3.8, 4) is 0 Å². The van der Waals surface area contributed by atoms with Crippen LogP contribution in [0.1, 0.15) is 11.4 Å². The minimum atomic E-state index is -0.416. The van der Waals surface area contributed by atoms with Gasteiger partial charge in [0.1, 0.15) is 5.83 Å². The molecule has 3 nitrogen and oxygen atoms in total. The molecule has 1 aromatic heterocycles. The number of hydrogen-bond acceptors (Lipinski definition) is 2. The fraction of sp³-hybridized carbons (Fsp3) is 0.375. The molecular weight excluding hydrogens is 157 g/mol. The van der Waals surface area contributed by atoms with Crippen molar-refractivity contribution in [1.29, 1.82) is 0 Å². The minimum absolute atomic E-state index is 0.0872. The fourth-order valence-corrected chi connectivity index (χ4v) is 1.03. The molecule has 66 valence electrons. The summed E-state index contributed by atoms with van der Waals surface area (Å²) in [7, 11) is 0. The van der Waals surface area contributed by atoms with Crippen molar-refractivity contribution < 1.29 is 4.39 Å². The number of nitrogen functional groups attached to an aromatic ring is 1. The number of hydrogen-bond donors (Lipinski definition) is 1. The van der Waals surface area contributed by atoms with E-state index in [1.54, 1.807) is 13.8 Å². The summed E-state index contributed by atoms with van der Waals surface area (Å²) < 4.78 is 13.9. The summed E-state index contributed by atoms with van der Waals surface area (Å²) in [6, 6.07) is 0. The Kier molecular flexibility index (Phi) is 2.17. The summed E-state index contributed by atoms with van der Waals surface area (Å²) in [5.74, 6) is -0.416. The highest BCUT2D eigenvalue weighted by atomic mass is 19.1. The smallest absolute Gasteiger partial charge is 0.114 e.